The SMILES string of the molecule is [N]CCCC#N. The van der Waals surface area contributed by atoms with Crippen molar-refractivity contribution < 1.29 is 0 Å². The minimum atomic E-state index is 0.133. The Hall–Kier alpha value is -0.550. The van der Waals surface area contributed by atoms with Crippen LogP contribution in [0.5, 0.6) is 0 Å². The lowest BCUT2D eigenvalue weighted by molar-refractivity contribution is 0.844. The van der Waals surface area contributed by atoms with Crippen LogP contribution < -0.4 is 5.73 Å². The lowest BCUT2D eigenvalue weighted by Gasteiger charge is -1.75. The molecule has 0 saturated carbocycles. The van der Waals surface area contributed by atoms with Crippen LogP contribution in [0.1, 0.15) is 12.8 Å². The zero-order valence-corrected chi connectivity index (χ0v) is 3.52. The lowest BCUT2D eigenvalue weighted by atomic mass is 10.3. The van der Waals surface area contributed by atoms with Crippen LogP contribution in [0.15, 0.2) is 0 Å². The summed E-state index contributed by atoms with van der Waals surface area (Å²) in [5, 5.41) is 7.84. The van der Waals surface area contributed by atoms with E-state index in [9.17, 15) is 0 Å². The van der Waals surface area contributed by atoms with E-state index in [1.54, 1.807) is 0 Å². The Labute approximate surface area is 37.6 Å². The third-order valence-corrected chi connectivity index (χ3v) is 0.447. The van der Waals surface area contributed by atoms with Crippen molar-refractivity contribution in [3.05, 3.63) is 0 Å². The molecule has 2 heteroatoms. The fourth-order valence-electron chi connectivity index (χ4n) is 0.158. The average molecular weight is 82.1 g/mol. The minimum Gasteiger partial charge on any atom is -0.198 e. The molecule has 0 N–H and O–H groups in total. The lowest BCUT2D eigenvalue weighted by Crippen LogP contribution is -1.80. The van der Waals surface area contributed by atoms with Crippen molar-refractivity contribution in [2.75, 3.05) is 6.54 Å². The minimum absolute atomic E-state index is 0.133. The van der Waals surface area contributed by atoms with E-state index in [2.05, 4.69) is 0 Å². The smallest absolute Gasteiger partial charge is 0.0622 e. The largest absolute Gasteiger partial charge is 0.198 e. The van der Waals surface area contributed by atoms with Gasteiger partial charge in [0.25, 0.3) is 0 Å². The molecular formula is C4H6N2. The van der Waals surface area contributed by atoms with Crippen LogP contribution >= 0.6 is 0 Å². The van der Waals surface area contributed by atoms with Gasteiger partial charge in [-0.15, -0.1) is 5.73 Å². The van der Waals surface area contributed by atoms with E-state index >= 15 is 0 Å². The molecule has 2 nitrogen and oxygen atoms in total. The van der Waals surface area contributed by atoms with Crippen molar-refractivity contribution in [1.82, 2.24) is 5.73 Å². The van der Waals surface area contributed by atoms with Gasteiger partial charge in [0.15, 0.2) is 0 Å². The van der Waals surface area contributed by atoms with E-state index in [-0.39, 0.29) is 6.54 Å². The maximum Gasteiger partial charge on any atom is 0.0622 e. The van der Waals surface area contributed by atoms with Crippen LogP contribution in [0.25, 0.3) is 0 Å². The number of hydrogen-bond acceptors (Lipinski definition) is 1. The maximum atomic E-state index is 8.05. The molecule has 0 aliphatic carbocycles. The van der Waals surface area contributed by atoms with Crippen LogP contribution in [0.4, 0.5) is 0 Å². The van der Waals surface area contributed by atoms with Gasteiger partial charge in [-0.05, 0) is 6.42 Å². The summed E-state index contributed by atoms with van der Waals surface area (Å²) < 4.78 is 0. The second-order valence-corrected chi connectivity index (χ2v) is 0.985. The fraction of sp³-hybridized carbons (Fsp3) is 0.750. The molecule has 0 aromatic rings. The van der Waals surface area contributed by atoms with Gasteiger partial charge in [-0.3, -0.25) is 0 Å². The highest BCUT2D eigenvalue weighted by Crippen LogP contribution is 1.78. The first-order valence-corrected chi connectivity index (χ1v) is 1.89. The van der Waals surface area contributed by atoms with Gasteiger partial charge in [-0.25, -0.2) is 0 Å². The Bertz CT molecular complexity index is 53.1. The van der Waals surface area contributed by atoms with Gasteiger partial charge in [-0.2, -0.15) is 5.26 Å². The standard InChI is InChI=1S/C4H6N2/c5-3-1-2-4-6/h1-3H2. The number of nitrogens with zero attached hydrogens (tertiary/aromatic N) is 2. The summed E-state index contributed by atoms with van der Waals surface area (Å²) in [4.78, 5) is 0. The Balaban J connectivity index is 2.54. The molecule has 0 rings (SSSR count). The van der Waals surface area contributed by atoms with Crippen LogP contribution in [0.2, 0.25) is 0 Å². The molecule has 0 aliphatic heterocycles. The average Bonchev–Trinajstić information content (AvgIpc) is 1.61. The van der Waals surface area contributed by atoms with Gasteiger partial charge in [0.2, 0.25) is 0 Å². The van der Waals surface area contributed by atoms with E-state index in [0.717, 1.165) is 0 Å². The summed E-state index contributed by atoms with van der Waals surface area (Å²) >= 11 is 0. The van der Waals surface area contributed by atoms with Crippen molar-refractivity contribution in [2.45, 2.75) is 12.8 Å². The Morgan fingerprint density at radius 2 is 2.17 bits per heavy atom. The van der Waals surface area contributed by atoms with Gasteiger partial charge in [0, 0.05) is 13.0 Å². The second kappa shape index (κ2) is 4.45. The van der Waals surface area contributed by atoms with Crippen molar-refractivity contribution in [3.63, 3.8) is 0 Å². The molecule has 0 fully saturated rings. The monoisotopic (exact) mass is 82.1 g/mol. The molecule has 0 saturated heterocycles. The maximum absolute atomic E-state index is 8.05. The van der Waals surface area contributed by atoms with Crippen LogP contribution in [-0.2, 0) is 0 Å². The molecule has 0 unspecified atom stereocenters. The zero-order chi connectivity index (χ0) is 4.83. The van der Waals surface area contributed by atoms with E-state index in [0.29, 0.717) is 12.8 Å². The van der Waals surface area contributed by atoms with Gasteiger partial charge >= 0.3 is 0 Å². The third kappa shape index (κ3) is 3.45. The van der Waals surface area contributed by atoms with E-state index in [1.165, 1.54) is 0 Å². The highest BCUT2D eigenvalue weighted by atomic mass is 14.5. The molecule has 2 radical (unpaired) electrons. The van der Waals surface area contributed by atoms with Gasteiger partial charge < -0.3 is 0 Å². The normalized spacial score (nSPS) is 7.33. The Morgan fingerprint density at radius 3 is 2.33 bits per heavy atom. The highest BCUT2D eigenvalue weighted by Gasteiger charge is 1.76. The van der Waals surface area contributed by atoms with Crippen LogP contribution in [0.3, 0.4) is 0 Å². The highest BCUT2D eigenvalue weighted by molar-refractivity contribution is 4.67. The summed E-state index contributed by atoms with van der Waals surface area (Å²) in [7, 11) is 0. The van der Waals surface area contributed by atoms with Gasteiger partial charge in [0.1, 0.15) is 0 Å². The topological polar surface area (TPSA) is 46.1 Å². The number of nitriles is 1. The molecular weight excluding hydrogens is 76.1 g/mol. The molecule has 6 heavy (non-hydrogen) atoms. The number of hydrogen-bond donors (Lipinski definition) is 0. The zero-order valence-electron chi connectivity index (χ0n) is 3.52. The van der Waals surface area contributed by atoms with E-state index in [1.807, 2.05) is 6.07 Å². The van der Waals surface area contributed by atoms with Crippen molar-refractivity contribution in [1.29, 1.82) is 5.26 Å². The summed E-state index contributed by atoms with van der Waals surface area (Å²) in [5.41, 5.74) is 8.05. The van der Waals surface area contributed by atoms with Crippen LogP contribution in [0, 0.1) is 11.3 Å². The number of rotatable bonds is 2. The van der Waals surface area contributed by atoms with Crippen molar-refractivity contribution in [3.8, 4) is 6.07 Å². The first-order valence-electron chi connectivity index (χ1n) is 1.89. The molecule has 0 atom stereocenters. The predicted molar refractivity (Wildman–Crippen MR) is 21.8 cm³/mol. The van der Waals surface area contributed by atoms with Gasteiger partial charge in [-0.1, -0.05) is 0 Å². The molecule has 0 aliphatic rings. The van der Waals surface area contributed by atoms with Crippen molar-refractivity contribution >= 4 is 0 Å². The Kier molecular flexibility index (Phi) is 4.04. The van der Waals surface area contributed by atoms with Gasteiger partial charge in [0.05, 0.1) is 6.07 Å². The quantitative estimate of drug-likeness (QED) is 0.443. The van der Waals surface area contributed by atoms with Crippen molar-refractivity contribution in [2.24, 2.45) is 0 Å². The molecule has 0 heterocycles. The number of unbranched alkanes of at least 4 members (excludes halogenated alkanes) is 1. The van der Waals surface area contributed by atoms with E-state index in [4.69, 9.17) is 11.0 Å². The predicted octanol–water partition coefficient (Wildman–Crippen LogP) is 0.359. The first kappa shape index (κ1) is 5.45. The Morgan fingerprint density at radius 1 is 1.50 bits per heavy atom. The molecule has 0 aromatic carbocycles. The van der Waals surface area contributed by atoms with Crippen LogP contribution in [-0.4, -0.2) is 6.54 Å². The fourth-order valence-corrected chi connectivity index (χ4v) is 0.158. The molecule has 32 valence electrons. The molecule has 0 amide bonds. The molecule has 0 bridgehead atoms. The molecule has 0 spiro atoms. The second-order valence-electron chi connectivity index (χ2n) is 0.985. The summed E-state index contributed by atoms with van der Waals surface area (Å²) in [5.74, 6) is 0. The molecule has 0 aromatic heterocycles. The van der Waals surface area contributed by atoms with E-state index < -0.39 is 0 Å². The summed E-state index contributed by atoms with van der Waals surface area (Å²) in [6.07, 6.45) is 1.08. The first-order chi connectivity index (χ1) is 2.91. The summed E-state index contributed by atoms with van der Waals surface area (Å²) in [6.45, 7) is 0.133. The third-order valence-electron chi connectivity index (χ3n) is 0.447. The summed E-state index contributed by atoms with van der Waals surface area (Å²) in [6, 6.07) is 1.91.